The summed E-state index contributed by atoms with van der Waals surface area (Å²) in [6.07, 6.45) is -15.9. The number of hydrogen-bond acceptors (Lipinski definition) is 2. The number of carbonyl (C=O) groups is 2. The molecule has 0 bridgehead atoms. The number of allylic oxidation sites excluding steroid dienone is 4. The lowest BCUT2D eigenvalue weighted by molar-refractivity contribution is -0.144. The fraction of sp³-hybridized carbons (Fsp3) is 0.102. The molecule has 1 aliphatic rings. The van der Waals surface area contributed by atoms with Crippen molar-refractivity contribution in [3.05, 3.63) is 191 Å². The topological polar surface area (TPSA) is 42.3 Å². The number of fused-ring (bicyclic) bond motifs is 4. The highest BCUT2D eigenvalue weighted by molar-refractivity contribution is 6.25. The van der Waals surface area contributed by atoms with E-state index in [9.17, 15) is 62.3 Å². The third-order valence-electron chi connectivity index (χ3n) is 10.9. The van der Waals surface area contributed by atoms with Gasteiger partial charge in [-0.25, -0.2) is 4.90 Å². The van der Waals surface area contributed by atoms with Crippen molar-refractivity contribution in [1.29, 1.82) is 0 Å². The van der Waals surface area contributed by atoms with E-state index in [4.69, 9.17) is 0 Å². The Kier molecular flexibility index (Phi) is 10.7. The number of alkyl halides is 12. The highest BCUT2D eigenvalue weighted by atomic mass is 19.4. The van der Waals surface area contributed by atoms with Crippen molar-refractivity contribution in [3.8, 4) is 27.9 Å². The summed E-state index contributed by atoms with van der Waals surface area (Å²) in [6, 6.07) is 23.0. The summed E-state index contributed by atoms with van der Waals surface area (Å²) >= 11 is 0. The average Bonchev–Trinajstić information content (AvgIpc) is 3.71. The summed E-state index contributed by atoms with van der Waals surface area (Å²) in [5.41, 5.74) is -6.07. The van der Waals surface area contributed by atoms with Crippen molar-refractivity contribution in [3.63, 3.8) is 0 Å². The summed E-state index contributed by atoms with van der Waals surface area (Å²) in [7, 11) is 0. The lowest BCUT2D eigenvalue weighted by atomic mass is 9.96. The summed E-state index contributed by atoms with van der Waals surface area (Å²) in [5, 5.41) is 0.124. The fourth-order valence-electron chi connectivity index (χ4n) is 7.85. The maximum atomic E-state index is 14.4. The molecule has 0 atom stereocenters. The standard InChI is InChI=1S/C49H28F12N2O2/c1-3-27(28-8-5-4-6-9-28)13-12-26(2)62-44(64)37-10-7-11-42(43(37)45(62)65)63-40-16-14-29(31-18-33(46(50,51)52)24-34(19-31)47(53,54)55)22-38(40)39-23-30(15-17-41(39)63)32-20-35(48(56,57)58)25-36(21-32)49(59,60)61/h3-25H,2H2,1H3/b13-12-,27-3+. The van der Waals surface area contributed by atoms with Gasteiger partial charge in [0.15, 0.2) is 0 Å². The van der Waals surface area contributed by atoms with E-state index in [0.717, 1.165) is 16.0 Å². The third kappa shape index (κ3) is 8.20. The summed E-state index contributed by atoms with van der Waals surface area (Å²) < 4.78 is 169. The van der Waals surface area contributed by atoms with Crippen molar-refractivity contribution < 1.29 is 62.3 Å². The molecule has 0 radical (unpaired) electrons. The molecule has 1 aromatic heterocycles. The number of benzene rings is 6. The van der Waals surface area contributed by atoms with Crippen molar-refractivity contribution in [2.24, 2.45) is 0 Å². The van der Waals surface area contributed by atoms with Gasteiger partial charge in [-0.15, -0.1) is 0 Å². The van der Waals surface area contributed by atoms with E-state index >= 15 is 0 Å². The van der Waals surface area contributed by atoms with E-state index < -0.39 is 69.9 Å². The molecule has 0 saturated heterocycles. The van der Waals surface area contributed by atoms with Crippen LogP contribution in [0, 0.1) is 0 Å². The monoisotopic (exact) mass is 904 g/mol. The fourth-order valence-corrected chi connectivity index (χ4v) is 7.85. The number of halogens is 12. The van der Waals surface area contributed by atoms with Crippen LogP contribution in [0.1, 0.15) is 55.5 Å². The van der Waals surface area contributed by atoms with Crippen molar-refractivity contribution >= 4 is 39.2 Å². The zero-order chi connectivity index (χ0) is 47.0. The molecule has 2 amide bonds. The van der Waals surface area contributed by atoms with Crippen LogP contribution in [0.3, 0.4) is 0 Å². The first-order chi connectivity index (χ1) is 30.4. The second kappa shape index (κ2) is 15.7. The first kappa shape index (κ1) is 44.3. The molecule has 0 fully saturated rings. The molecule has 0 N–H and O–H groups in total. The molecule has 8 rings (SSSR count). The molecule has 7 aromatic rings. The average molecular weight is 905 g/mol. The number of nitrogens with zero attached hydrogens (tertiary/aromatic N) is 2. The minimum Gasteiger partial charge on any atom is -0.308 e. The molecule has 2 heterocycles. The predicted molar refractivity (Wildman–Crippen MR) is 221 cm³/mol. The number of rotatable bonds is 7. The Morgan fingerprint density at radius 1 is 0.508 bits per heavy atom. The van der Waals surface area contributed by atoms with Gasteiger partial charge in [-0.1, -0.05) is 67.3 Å². The van der Waals surface area contributed by atoms with Gasteiger partial charge in [0, 0.05) is 16.5 Å². The molecule has 0 unspecified atom stereocenters. The van der Waals surface area contributed by atoms with Gasteiger partial charge in [-0.3, -0.25) is 9.59 Å². The van der Waals surface area contributed by atoms with Crippen LogP contribution in [0.15, 0.2) is 152 Å². The molecule has 0 aliphatic carbocycles. The molecule has 0 saturated carbocycles. The van der Waals surface area contributed by atoms with E-state index in [-0.39, 0.29) is 67.6 Å². The van der Waals surface area contributed by atoms with Crippen LogP contribution in [0.4, 0.5) is 52.7 Å². The molecule has 1 aliphatic heterocycles. The van der Waals surface area contributed by atoms with Gasteiger partial charge >= 0.3 is 24.7 Å². The van der Waals surface area contributed by atoms with Crippen LogP contribution in [0.2, 0.25) is 0 Å². The zero-order valence-electron chi connectivity index (χ0n) is 33.2. The quantitative estimate of drug-likeness (QED) is 0.0908. The highest BCUT2D eigenvalue weighted by Crippen LogP contribution is 2.44. The zero-order valence-corrected chi connectivity index (χ0v) is 33.2. The summed E-state index contributed by atoms with van der Waals surface area (Å²) in [4.78, 5) is 29.2. The van der Waals surface area contributed by atoms with E-state index in [1.165, 1.54) is 65.2 Å². The second-order valence-corrected chi connectivity index (χ2v) is 15.0. The lowest BCUT2D eigenvalue weighted by Crippen LogP contribution is -2.27. The van der Waals surface area contributed by atoms with E-state index in [2.05, 4.69) is 6.58 Å². The number of imide groups is 1. The van der Waals surface area contributed by atoms with Gasteiger partial charge in [0.25, 0.3) is 11.8 Å². The SMILES string of the molecule is C=C(/C=C\C(=C/C)c1ccccc1)N1C(=O)c2cccc(-n3c4ccc(-c5cc(C(F)(F)F)cc(C(F)(F)F)c5)cc4c4cc(-c5cc(C(F)(F)F)cc(C(F)(F)F)c5)ccc43)c2C1=O. The van der Waals surface area contributed by atoms with Crippen LogP contribution >= 0.6 is 0 Å². The molecule has 4 nitrogen and oxygen atoms in total. The molecule has 330 valence electrons. The van der Waals surface area contributed by atoms with Crippen LogP contribution in [0.5, 0.6) is 0 Å². The van der Waals surface area contributed by atoms with Gasteiger partial charge < -0.3 is 4.57 Å². The summed E-state index contributed by atoms with van der Waals surface area (Å²) in [5.74, 6) is -1.56. The van der Waals surface area contributed by atoms with Crippen LogP contribution in [-0.4, -0.2) is 21.3 Å². The minimum absolute atomic E-state index is 0.00689. The molecule has 0 spiro atoms. The van der Waals surface area contributed by atoms with Gasteiger partial charge in [-0.2, -0.15) is 52.7 Å². The first-order valence-corrected chi connectivity index (χ1v) is 19.2. The lowest BCUT2D eigenvalue weighted by Gasteiger charge is -2.15. The minimum atomic E-state index is -5.20. The van der Waals surface area contributed by atoms with Gasteiger partial charge in [0.05, 0.1) is 50.1 Å². The smallest absolute Gasteiger partial charge is 0.308 e. The number of hydrogen-bond donors (Lipinski definition) is 0. The second-order valence-electron chi connectivity index (χ2n) is 15.0. The highest BCUT2D eigenvalue weighted by Gasteiger charge is 2.41. The molecule has 65 heavy (non-hydrogen) atoms. The first-order valence-electron chi connectivity index (χ1n) is 19.2. The number of aromatic nitrogens is 1. The Morgan fingerprint density at radius 2 is 0.969 bits per heavy atom. The molecular weight excluding hydrogens is 877 g/mol. The van der Waals surface area contributed by atoms with Crippen molar-refractivity contribution in [2.75, 3.05) is 0 Å². The Bertz CT molecular complexity index is 2970. The van der Waals surface area contributed by atoms with Gasteiger partial charge in [-0.05, 0) is 119 Å². The van der Waals surface area contributed by atoms with E-state index in [1.807, 2.05) is 36.4 Å². The predicted octanol–water partition coefficient (Wildman–Crippen LogP) is 15.0. The Balaban J connectivity index is 1.34. The maximum Gasteiger partial charge on any atom is 0.416 e. The van der Waals surface area contributed by atoms with Gasteiger partial charge in [0.2, 0.25) is 0 Å². The number of amides is 2. The molecule has 16 heteroatoms. The summed E-state index contributed by atoms with van der Waals surface area (Å²) in [6.45, 7) is 5.75. The van der Waals surface area contributed by atoms with E-state index in [1.54, 1.807) is 13.0 Å². The molecule has 6 aromatic carbocycles. The van der Waals surface area contributed by atoms with Crippen molar-refractivity contribution in [2.45, 2.75) is 31.6 Å². The number of carbonyl (C=O) groups excluding carboxylic acids is 2. The molecular formula is C49H28F12N2O2. The van der Waals surface area contributed by atoms with Crippen molar-refractivity contribution in [1.82, 2.24) is 9.47 Å². The van der Waals surface area contributed by atoms with Gasteiger partial charge in [0.1, 0.15) is 0 Å². The Morgan fingerprint density at radius 3 is 1.40 bits per heavy atom. The third-order valence-corrected chi connectivity index (χ3v) is 10.9. The van der Waals surface area contributed by atoms with Crippen LogP contribution < -0.4 is 0 Å². The van der Waals surface area contributed by atoms with Crippen LogP contribution in [0.25, 0.3) is 55.3 Å². The van der Waals surface area contributed by atoms with Crippen LogP contribution in [-0.2, 0) is 24.7 Å². The van der Waals surface area contributed by atoms with E-state index in [0.29, 0.717) is 24.3 Å². The largest absolute Gasteiger partial charge is 0.416 e. The maximum absolute atomic E-state index is 14.4. The Hall–Kier alpha value is -7.36. The normalized spacial score (nSPS) is 14.0. The Labute approximate surface area is 360 Å².